The Balaban J connectivity index is 2.37. The molecule has 0 aromatic heterocycles. The first-order valence-electron chi connectivity index (χ1n) is 8.74. The lowest BCUT2D eigenvalue weighted by Gasteiger charge is -2.33. The lowest BCUT2D eigenvalue weighted by atomic mass is 9.82. The molecule has 3 nitrogen and oxygen atoms in total. The van der Waals surface area contributed by atoms with Crippen LogP contribution in [0.5, 0.6) is 0 Å². The number of benzene rings is 1. The average Bonchev–Trinajstić information content (AvgIpc) is 2.58. The van der Waals surface area contributed by atoms with Crippen LogP contribution in [0.3, 0.4) is 0 Å². The third-order valence-electron chi connectivity index (χ3n) is 4.41. The third kappa shape index (κ3) is 5.21. The molecule has 142 valence electrons. The van der Waals surface area contributed by atoms with Gasteiger partial charge in [-0.15, -0.1) is 13.2 Å². The van der Waals surface area contributed by atoms with E-state index in [4.69, 9.17) is 5.11 Å². The highest BCUT2D eigenvalue weighted by Gasteiger charge is 2.44. The van der Waals surface area contributed by atoms with E-state index in [0.29, 0.717) is 12.0 Å². The van der Waals surface area contributed by atoms with Crippen molar-refractivity contribution < 1.29 is 27.8 Å². The molecule has 26 heavy (non-hydrogen) atoms. The van der Waals surface area contributed by atoms with Crippen molar-refractivity contribution in [3.05, 3.63) is 59.7 Å². The number of halogens is 3. The fraction of sp³-hybridized carbons (Fsp3) is 0.450. The monoisotopic (exact) mass is 368 g/mol. The Morgan fingerprint density at radius 3 is 2.38 bits per heavy atom. The van der Waals surface area contributed by atoms with Gasteiger partial charge in [0, 0.05) is 0 Å². The predicted molar refractivity (Wildman–Crippen MR) is 92.5 cm³/mol. The molecular formula is C20H23F3O3. The Kier molecular flexibility index (Phi) is 6.64. The van der Waals surface area contributed by atoms with Gasteiger partial charge in [-0.05, 0) is 36.1 Å². The molecule has 0 fully saturated rings. The summed E-state index contributed by atoms with van der Waals surface area (Å²) in [5, 5.41) is 9.07. The number of carboxylic acid groups (broad SMARTS) is 1. The largest absolute Gasteiger partial charge is 0.523 e. The molecule has 0 heterocycles. The van der Waals surface area contributed by atoms with Crippen molar-refractivity contribution >= 4 is 5.97 Å². The van der Waals surface area contributed by atoms with Crippen LogP contribution in [0.1, 0.15) is 43.7 Å². The first-order valence-corrected chi connectivity index (χ1v) is 8.74. The Labute approximate surface area is 151 Å². The summed E-state index contributed by atoms with van der Waals surface area (Å²) >= 11 is 0. The maximum atomic E-state index is 13.1. The second kappa shape index (κ2) is 8.54. The number of hydrogen-bond acceptors (Lipinski definition) is 2. The number of hydrogen-bond donors (Lipinski definition) is 1. The van der Waals surface area contributed by atoms with E-state index in [9.17, 15) is 18.0 Å². The highest BCUT2D eigenvalue weighted by molar-refractivity contribution is 5.75. The van der Waals surface area contributed by atoms with Crippen molar-refractivity contribution in [2.75, 3.05) is 0 Å². The molecule has 2 rings (SSSR count). The van der Waals surface area contributed by atoms with Gasteiger partial charge in [-0.25, -0.2) is 0 Å². The van der Waals surface area contributed by atoms with Crippen LogP contribution in [-0.4, -0.2) is 17.4 Å². The third-order valence-corrected chi connectivity index (χ3v) is 4.41. The Hall–Kier alpha value is -2.08. The van der Waals surface area contributed by atoms with E-state index in [1.807, 2.05) is 0 Å². The average molecular weight is 368 g/mol. The minimum absolute atomic E-state index is 0.394. The number of carboxylic acids is 1. The fourth-order valence-corrected chi connectivity index (χ4v) is 3.13. The van der Waals surface area contributed by atoms with Crippen molar-refractivity contribution in [2.24, 2.45) is 5.92 Å². The summed E-state index contributed by atoms with van der Waals surface area (Å²) in [6.45, 7) is 2.09. The van der Waals surface area contributed by atoms with Crippen LogP contribution in [0.4, 0.5) is 13.2 Å². The number of carbonyl (C=O) groups is 1. The zero-order chi connectivity index (χ0) is 19.2. The van der Waals surface area contributed by atoms with E-state index >= 15 is 0 Å². The molecule has 1 N–H and O–H groups in total. The molecule has 1 aliphatic carbocycles. The van der Waals surface area contributed by atoms with Crippen LogP contribution in [0, 0.1) is 5.92 Å². The Bertz CT molecular complexity index is 663. The number of alkyl halides is 3. The summed E-state index contributed by atoms with van der Waals surface area (Å²) in [4.78, 5) is 11.1. The second-order valence-electron chi connectivity index (χ2n) is 6.39. The standard InChI is InChI=1S/C20H23F3O3/c1-2-3-4-5-8-15-9-6-7-10-17(15)19(26-20(21,22)23)13-11-16(12-14-19)18(24)25/h6-7,9-14,16H,2-5,8H2,1H3,(H,24,25). The van der Waals surface area contributed by atoms with E-state index < -0.39 is 23.9 Å². The van der Waals surface area contributed by atoms with Crippen LogP contribution in [-0.2, 0) is 21.6 Å². The van der Waals surface area contributed by atoms with Gasteiger partial charge in [0.05, 0.1) is 5.92 Å². The maximum Gasteiger partial charge on any atom is 0.523 e. The van der Waals surface area contributed by atoms with Gasteiger partial charge in [0.15, 0.2) is 0 Å². The minimum Gasteiger partial charge on any atom is -0.481 e. The van der Waals surface area contributed by atoms with E-state index in [1.54, 1.807) is 24.3 Å². The highest BCUT2D eigenvalue weighted by atomic mass is 19.4. The van der Waals surface area contributed by atoms with Crippen LogP contribution in [0.2, 0.25) is 0 Å². The molecule has 0 saturated carbocycles. The summed E-state index contributed by atoms with van der Waals surface area (Å²) in [7, 11) is 0. The van der Waals surface area contributed by atoms with E-state index in [-0.39, 0.29) is 0 Å². The van der Waals surface area contributed by atoms with Crippen LogP contribution in [0.25, 0.3) is 0 Å². The lowest BCUT2D eigenvalue weighted by molar-refractivity contribution is -0.353. The van der Waals surface area contributed by atoms with Gasteiger partial charge in [-0.1, -0.05) is 62.6 Å². The molecule has 0 spiro atoms. The first-order chi connectivity index (χ1) is 12.3. The molecular weight excluding hydrogens is 345 g/mol. The lowest BCUT2D eigenvalue weighted by Crippen LogP contribution is -2.35. The molecule has 0 atom stereocenters. The number of unbranched alkanes of at least 4 members (excludes halogenated alkanes) is 3. The molecule has 1 aromatic rings. The van der Waals surface area contributed by atoms with Gasteiger partial charge < -0.3 is 5.11 Å². The molecule has 0 unspecified atom stereocenters. The maximum absolute atomic E-state index is 13.1. The van der Waals surface area contributed by atoms with Crippen molar-refractivity contribution in [1.82, 2.24) is 0 Å². The van der Waals surface area contributed by atoms with Crippen molar-refractivity contribution in [3.8, 4) is 0 Å². The zero-order valence-corrected chi connectivity index (χ0v) is 14.6. The van der Waals surface area contributed by atoms with Crippen LogP contribution >= 0.6 is 0 Å². The summed E-state index contributed by atoms with van der Waals surface area (Å²) in [5.41, 5.74) is -0.674. The molecule has 1 aliphatic rings. The number of aryl methyl sites for hydroxylation is 1. The predicted octanol–water partition coefficient (Wildman–Crippen LogP) is 5.37. The van der Waals surface area contributed by atoms with Gasteiger partial charge in [0.2, 0.25) is 0 Å². The SMILES string of the molecule is CCCCCCc1ccccc1C1(OC(F)(F)F)C=CC(C(=O)O)C=C1. The van der Waals surface area contributed by atoms with Crippen LogP contribution in [0.15, 0.2) is 48.6 Å². The van der Waals surface area contributed by atoms with Gasteiger partial charge in [-0.2, -0.15) is 0 Å². The van der Waals surface area contributed by atoms with Gasteiger partial charge >= 0.3 is 12.3 Å². The van der Waals surface area contributed by atoms with Crippen LogP contribution < -0.4 is 0 Å². The minimum atomic E-state index is -4.86. The van der Waals surface area contributed by atoms with Crippen molar-refractivity contribution in [1.29, 1.82) is 0 Å². The zero-order valence-electron chi connectivity index (χ0n) is 14.6. The smallest absolute Gasteiger partial charge is 0.481 e. The molecule has 0 bridgehead atoms. The fourth-order valence-electron chi connectivity index (χ4n) is 3.13. The number of aliphatic carboxylic acids is 1. The Morgan fingerprint density at radius 1 is 1.15 bits per heavy atom. The summed E-state index contributed by atoms with van der Waals surface area (Å²) in [6.07, 6.45) is 4.68. The number of rotatable bonds is 8. The van der Waals surface area contributed by atoms with Gasteiger partial charge in [0.1, 0.15) is 5.60 Å². The topological polar surface area (TPSA) is 46.5 Å². The van der Waals surface area contributed by atoms with Gasteiger partial charge in [0.25, 0.3) is 0 Å². The molecule has 1 aromatic carbocycles. The summed E-state index contributed by atoms with van der Waals surface area (Å²) < 4.78 is 43.8. The quantitative estimate of drug-likeness (QED) is 0.496. The summed E-state index contributed by atoms with van der Waals surface area (Å²) in [6, 6.07) is 6.86. The van der Waals surface area contributed by atoms with Gasteiger partial charge in [-0.3, -0.25) is 9.53 Å². The molecule has 0 amide bonds. The summed E-state index contributed by atoms with van der Waals surface area (Å²) in [5.74, 6) is -2.08. The van der Waals surface area contributed by atoms with Crippen molar-refractivity contribution in [2.45, 2.75) is 51.0 Å². The van der Waals surface area contributed by atoms with E-state index in [0.717, 1.165) is 31.2 Å². The second-order valence-corrected chi connectivity index (χ2v) is 6.39. The van der Waals surface area contributed by atoms with Crippen molar-refractivity contribution in [3.63, 3.8) is 0 Å². The molecule has 0 saturated heterocycles. The number of ether oxygens (including phenoxy) is 1. The molecule has 0 aliphatic heterocycles. The normalized spacial score (nSPS) is 22.5. The molecule has 6 heteroatoms. The Morgan fingerprint density at radius 2 is 1.81 bits per heavy atom. The molecule has 0 radical (unpaired) electrons. The first kappa shape index (κ1) is 20.2. The highest BCUT2D eigenvalue weighted by Crippen LogP contribution is 2.40. The van der Waals surface area contributed by atoms with E-state index in [2.05, 4.69) is 11.7 Å². The van der Waals surface area contributed by atoms with E-state index in [1.165, 1.54) is 24.3 Å².